The third-order valence-corrected chi connectivity index (χ3v) is 2.36. The van der Waals surface area contributed by atoms with Gasteiger partial charge in [0.15, 0.2) is 0 Å². The van der Waals surface area contributed by atoms with E-state index in [0.29, 0.717) is 0 Å². The van der Waals surface area contributed by atoms with E-state index in [1.807, 2.05) is 19.9 Å². The van der Waals surface area contributed by atoms with Crippen molar-refractivity contribution < 1.29 is 9.53 Å². The van der Waals surface area contributed by atoms with E-state index in [-0.39, 0.29) is 0 Å². The minimum absolute atomic E-state index is 0.749. The summed E-state index contributed by atoms with van der Waals surface area (Å²) in [5, 5.41) is 0. The Hall–Kier alpha value is -1.49. The molecule has 0 aromatic heterocycles. The van der Waals surface area contributed by atoms with Crippen LogP contribution in [0.1, 0.15) is 20.8 Å². The van der Waals surface area contributed by atoms with Gasteiger partial charge in [-0.1, -0.05) is 0 Å². The molecule has 0 aromatic rings. The van der Waals surface area contributed by atoms with Crippen LogP contribution in [0.2, 0.25) is 0 Å². The third-order valence-electron chi connectivity index (χ3n) is 2.36. The van der Waals surface area contributed by atoms with Gasteiger partial charge >= 0.3 is 0 Å². The van der Waals surface area contributed by atoms with Crippen LogP contribution in [-0.4, -0.2) is 37.5 Å². The third kappa shape index (κ3) is 6.63. The number of nitrogens with zero attached hydrogens (tertiary/aromatic N) is 1. The second-order valence-electron chi connectivity index (χ2n) is 3.77. The van der Waals surface area contributed by atoms with Crippen LogP contribution < -0.4 is 11.5 Å². The first kappa shape index (κ1) is 15.5. The lowest BCUT2D eigenvalue weighted by atomic mass is 10.2. The van der Waals surface area contributed by atoms with Gasteiger partial charge in [0, 0.05) is 18.8 Å². The van der Waals surface area contributed by atoms with Crippen LogP contribution in [-0.2, 0) is 9.53 Å². The summed E-state index contributed by atoms with van der Waals surface area (Å²) in [5.41, 5.74) is 13.4. The topological polar surface area (TPSA) is 81.6 Å². The molecule has 17 heavy (non-hydrogen) atoms. The summed E-state index contributed by atoms with van der Waals surface area (Å²) in [5.74, 6) is 0.774. The Labute approximate surface area is 103 Å². The summed E-state index contributed by atoms with van der Waals surface area (Å²) in [7, 11) is 0. The van der Waals surface area contributed by atoms with Gasteiger partial charge in [0.05, 0.1) is 19.0 Å². The lowest BCUT2D eigenvalue weighted by molar-refractivity contribution is -0.106. The number of hydrogen-bond acceptors (Lipinski definition) is 5. The second-order valence-corrected chi connectivity index (χ2v) is 3.77. The molecule has 0 atom stereocenters. The van der Waals surface area contributed by atoms with Crippen molar-refractivity contribution in [3.05, 3.63) is 23.2 Å². The molecule has 0 bridgehead atoms. The van der Waals surface area contributed by atoms with Crippen LogP contribution >= 0.6 is 0 Å². The first-order valence-corrected chi connectivity index (χ1v) is 5.65. The van der Waals surface area contributed by atoms with E-state index in [1.165, 1.54) is 6.92 Å². The summed E-state index contributed by atoms with van der Waals surface area (Å²) in [4.78, 5) is 10.9. The van der Waals surface area contributed by atoms with Gasteiger partial charge in [-0.05, 0) is 32.4 Å². The van der Waals surface area contributed by atoms with Crippen LogP contribution in [0.3, 0.4) is 0 Å². The predicted molar refractivity (Wildman–Crippen MR) is 69.0 cm³/mol. The summed E-state index contributed by atoms with van der Waals surface area (Å²) >= 11 is 0. The van der Waals surface area contributed by atoms with Gasteiger partial charge < -0.3 is 25.9 Å². The van der Waals surface area contributed by atoms with E-state index >= 15 is 0 Å². The average Bonchev–Trinajstić information content (AvgIpc) is 2.31. The van der Waals surface area contributed by atoms with Gasteiger partial charge in [0.2, 0.25) is 0 Å². The Morgan fingerprint density at radius 1 is 1.24 bits per heavy atom. The van der Waals surface area contributed by atoms with E-state index < -0.39 is 0 Å². The molecule has 98 valence electrons. The Bertz CT molecular complexity index is 288. The fraction of sp³-hybridized carbons (Fsp3) is 0.583. The van der Waals surface area contributed by atoms with E-state index in [2.05, 4.69) is 4.90 Å². The molecule has 1 saturated heterocycles. The number of carbonyl (C=O) groups is 1. The molecule has 0 aliphatic carbocycles. The molecule has 1 fully saturated rings. The fourth-order valence-electron chi connectivity index (χ4n) is 1.25. The summed E-state index contributed by atoms with van der Waals surface area (Å²) in [6.45, 7) is 8.50. The normalized spacial score (nSPS) is 17.8. The first-order chi connectivity index (χ1) is 8.02. The molecular weight excluding hydrogens is 218 g/mol. The molecule has 1 heterocycles. The smallest absolute Gasteiger partial charge is 0.116 e. The van der Waals surface area contributed by atoms with E-state index in [4.69, 9.17) is 21.0 Å². The number of morpholine rings is 1. The van der Waals surface area contributed by atoms with Gasteiger partial charge in [0.1, 0.15) is 6.29 Å². The van der Waals surface area contributed by atoms with Crippen molar-refractivity contribution in [1.29, 1.82) is 0 Å². The van der Waals surface area contributed by atoms with E-state index in [1.54, 1.807) is 0 Å². The SMILES string of the molecule is C/C(N)=C(C)/C=C(\N)N1CCOCC1.CC=O. The zero-order valence-corrected chi connectivity index (χ0v) is 10.9. The van der Waals surface area contributed by atoms with Crippen LogP contribution in [0.5, 0.6) is 0 Å². The molecule has 0 unspecified atom stereocenters. The summed E-state index contributed by atoms with van der Waals surface area (Å²) < 4.78 is 5.24. The number of rotatable bonds is 2. The molecule has 0 spiro atoms. The van der Waals surface area contributed by atoms with Crippen molar-refractivity contribution in [1.82, 2.24) is 4.90 Å². The Morgan fingerprint density at radius 2 is 1.71 bits per heavy atom. The highest BCUT2D eigenvalue weighted by molar-refractivity contribution is 5.44. The standard InChI is InChI=1S/C10H19N3O.C2H4O/c1-8(9(2)11)7-10(12)13-3-5-14-6-4-13;1-2-3/h7H,3-6,11-12H2,1-2H3;2H,1H3/b9-8-,10-7+;. The van der Waals surface area contributed by atoms with Crippen molar-refractivity contribution in [3.8, 4) is 0 Å². The van der Waals surface area contributed by atoms with Gasteiger partial charge in [-0.25, -0.2) is 0 Å². The first-order valence-electron chi connectivity index (χ1n) is 5.65. The number of carbonyl (C=O) groups excluding carboxylic acids is 1. The van der Waals surface area contributed by atoms with Gasteiger partial charge in [-0.2, -0.15) is 0 Å². The highest BCUT2D eigenvalue weighted by Crippen LogP contribution is 2.07. The maximum atomic E-state index is 8.81. The minimum atomic E-state index is 0.749. The van der Waals surface area contributed by atoms with Crippen molar-refractivity contribution in [2.45, 2.75) is 20.8 Å². The maximum Gasteiger partial charge on any atom is 0.116 e. The highest BCUT2D eigenvalue weighted by Gasteiger charge is 2.10. The quantitative estimate of drug-likeness (QED) is 0.546. The van der Waals surface area contributed by atoms with E-state index in [0.717, 1.165) is 49.7 Å². The minimum Gasteiger partial charge on any atom is -0.402 e. The van der Waals surface area contributed by atoms with Crippen LogP contribution in [0, 0.1) is 0 Å². The molecule has 0 saturated carbocycles. The van der Waals surface area contributed by atoms with E-state index in [9.17, 15) is 0 Å². The monoisotopic (exact) mass is 241 g/mol. The Kier molecular flexibility index (Phi) is 7.88. The van der Waals surface area contributed by atoms with Gasteiger partial charge in [-0.3, -0.25) is 0 Å². The van der Waals surface area contributed by atoms with Gasteiger partial charge in [-0.15, -0.1) is 0 Å². The number of hydrogen-bond donors (Lipinski definition) is 2. The molecule has 0 amide bonds. The zero-order chi connectivity index (χ0) is 13.3. The molecule has 1 rings (SSSR count). The Morgan fingerprint density at radius 3 is 2.12 bits per heavy atom. The predicted octanol–water partition coefficient (Wildman–Crippen LogP) is 0.577. The molecule has 0 radical (unpaired) electrons. The molecule has 1 aliphatic rings. The Balaban J connectivity index is 0.000000770. The van der Waals surface area contributed by atoms with Crippen molar-refractivity contribution in [2.75, 3.05) is 26.3 Å². The van der Waals surface area contributed by atoms with Crippen LogP contribution in [0.25, 0.3) is 0 Å². The average molecular weight is 241 g/mol. The maximum absolute atomic E-state index is 8.81. The lowest BCUT2D eigenvalue weighted by Crippen LogP contribution is -2.38. The summed E-state index contributed by atoms with van der Waals surface area (Å²) in [6, 6.07) is 0. The molecular formula is C12H23N3O2. The number of ether oxygens (including phenoxy) is 1. The lowest BCUT2D eigenvalue weighted by Gasteiger charge is -2.28. The fourth-order valence-corrected chi connectivity index (χ4v) is 1.25. The zero-order valence-electron chi connectivity index (χ0n) is 10.9. The molecule has 1 aliphatic heterocycles. The largest absolute Gasteiger partial charge is 0.402 e. The van der Waals surface area contributed by atoms with Crippen molar-refractivity contribution in [2.24, 2.45) is 11.5 Å². The second kappa shape index (κ2) is 8.64. The molecule has 5 nitrogen and oxygen atoms in total. The van der Waals surface area contributed by atoms with Gasteiger partial charge in [0.25, 0.3) is 0 Å². The van der Waals surface area contributed by atoms with Crippen LogP contribution in [0.15, 0.2) is 23.2 Å². The van der Waals surface area contributed by atoms with Crippen LogP contribution in [0.4, 0.5) is 0 Å². The molecule has 5 heteroatoms. The molecule has 4 N–H and O–H groups in total. The summed E-state index contributed by atoms with van der Waals surface area (Å²) in [6.07, 6.45) is 2.67. The number of allylic oxidation sites excluding steroid dienone is 3. The highest BCUT2D eigenvalue weighted by atomic mass is 16.5. The molecule has 0 aromatic carbocycles. The number of aldehydes is 1. The number of nitrogens with two attached hydrogens (primary N) is 2. The van der Waals surface area contributed by atoms with Crippen molar-refractivity contribution >= 4 is 6.29 Å². The van der Waals surface area contributed by atoms with Crippen molar-refractivity contribution in [3.63, 3.8) is 0 Å².